The third-order valence-corrected chi connectivity index (χ3v) is 7.59. The molecule has 17 heteroatoms. The number of amides is 6. The van der Waals surface area contributed by atoms with Gasteiger partial charge in [0, 0.05) is 19.2 Å². The molecule has 0 radical (unpaired) electrons. The first kappa shape index (κ1) is 40.2. The molecule has 272 valence electrons. The molecular formula is C32H50N8O9. The first-order valence-electron chi connectivity index (χ1n) is 16.2. The fourth-order valence-electron chi connectivity index (χ4n) is 5.18. The molecule has 0 saturated carbocycles. The largest absolute Gasteiger partial charge is 0.468 e. The van der Waals surface area contributed by atoms with Gasteiger partial charge in [-0.15, -0.1) is 0 Å². The molecule has 0 bridgehead atoms. The number of likely N-dealkylation sites (tertiary alicyclic amines) is 1. The Morgan fingerprint density at radius 2 is 1.37 bits per heavy atom. The summed E-state index contributed by atoms with van der Waals surface area (Å²) in [6.07, 6.45) is 0.184. The van der Waals surface area contributed by atoms with Gasteiger partial charge in [0.15, 0.2) is 6.17 Å². The summed E-state index contributed by atoms with van der Waals surface area (Å²) in [4.78, 5) is 90.7. The minimum Gasteiger partial charge on any atom is -0.468 e. The van der Waals surface area contributed by atoms with Crippen molar-refractivity contribution in [3.05, 3.63) is 24.3 Å². The lowest BCUT2D eigenvalue weighted by molar-refractivity contribution is -0.141. The van der Waals surface area contributed by atoms with E-state index < -0.39 is 72.9 Å². The maximum Gasteiger partial charge on any atom is 0.325 e. The van der Waals surface area contributed by atoms with Crippen molar-refractivity contribution in [2.24, 2.45) is 11.8 Å². The lowest BCUT2D eigenvalue weighted by Crippen LogP contribution is -2.58. The highest BCUT2D eigenvalue weighted by atomic mass is 16.5. The SMILES string of the molecule is COC(=O)CNC(=O)[C@H](CC(C)C)NC(=O)[C@@H](NC(=O)CNC(=O)[C@H](CC(C)C)NC(=O)[C@@H]1CCCN1C(C)=O)Nc1ccc(NO)cc1. The minimum atomic E-state index is -1.44. The molecule has 1 fully saturated rings. The predicted octanol–water partition coefficient (Wildman–Crippen LogP) is -0.180. The van der Waals surface area contributed by atoms with Crippen molar-refractivity contribution in [3.63, 3.8) is 0 Å². The third kappa shape index (κ3) is 13.6. The van der Waals surface area contributed by atoms with Gasteiger partial charge in [-0.1, -0.05) is 27.7 Å². The van der Waals surface area contributed by atoms with Crippen LogP contribution < -0.4 is 37.4 Å². The molecule has 0 aromatic heterocycles. The standard InChI is InChI=1S/C32H50N8O9/c1-18(2)14-23(36-31(46)25-8-7-13-40(25)20(5)41)29(44)33-16-26(42)38-28(35-21-9-11-22(39-48)12-10-21)32(47)37-24(15-19(3)4)30(45)34-17-27(43)49-6/h9-12,18-19,23-25,28,35,39,48H,7-8,13-17H2,1-6H3,(H,33,44)(H,34,45)(H,36,46)(H,37,47)(H,38,42)/t23-,24-,25-,28+/m0/s1. The Morgan fingerprint density at radius 3 is 1.90 bits per heavy atom. The van der Waals surface area contributed by atoms with Crippen LogP contribution in [0.15, 0.2) is 24.3 Å². The molecular weight excluding hydrogens is 640 g/mol. The summed E-state index contributed by atoms with van der Waals surface area (Å²) in [6.45, 7) is 8.30. The van der Waals surface area contributed by atoms with Crippen molar-refractivity contribution in [1.29, 1.82) is 0 Å². The Kier molecular flexibility index (Phi) is 16.3. The molecule has 1 heterocycles. The Morgan fingerprint density at radius 1 is 0.816 bits per heavy atom. The number of nitrogens with zero attached hydrogens (tertiary/aromatic N) is 1. The maximum atomic E-state index is 13.5. The summed E-state index contributed by atoms with van der Waals surface area (Å²) in [5.41, 5.74) is 2.72. The zero-order valence-electron chi connectivity index (χ0n) is 28.9. The number of carbonyl (C=O) groups excluding carboxylic acids is 7. The van der Waals surface area contributed by atoms with Gasteiger partial charge in [-0.2, -0.15) is 0 Å². The van der Waals surface area contributed by atoms with E-state index in [1.807, 2.05) is 33.2 Å². The number of benzene rings is 1. The van der Waals surface area contributed by atoms with Crippen LogP contribution in [0.3, 0.4) is 0 Å². The van der Waals surface area contributed by atoms with Gasteiger partial charge in [0.2, 0.25) is 29.5 Å². The molecule has 4 atom stereocenters. The second-order valence-corrected chi connectivity index (χ2v) is 12.6. The summed E-state index contributed by atoms with van der Waals surface area (Å²) in [6, 6.07) is 3.33. The number of hydrogen-bond acceptors (Lipinski definition) is 11. The van der Waals surface area contributed by atoms with Crippen LogP contribution in [0.5, 0.6) is 0 Å². The van der Waals surface area contributed by atoms with Gasteiger partial charge in [-0.25, -0.2) is 0 Å². The zero-order valence-corrected chi connectivity index (χ0v) is 28.9. The molecule has 0 unspecified atom stereocenters. The molecule has 0 spiro atoms. The van der Waals surface area contributed by atoms with E-state index in [2.05, 4.69) is 36.6 Å². The monoisotopic (exact) mass is 690 g/mol. The summed E-state index contributed by atoms with van der Waals surface area (Å²) < 4.78 is 4.55. The zero-order chi connectivity index (χ0) is 36.7. The number of carbonyl (C=O) groups is 7. The third-order valence-electron chi connectivity index (χ3n) is 7.59. The number of anilines is 2. The van der Waals surface area contributed by atoms with E-state index in [1.54, 1.807) is 0 Å². The molecule has 8 N–H and O–H groups in total. The molecule has 1 aromatic carbocycles. The van der Waals surface area contributed by atoms with Crippen LogP contribution in [0.1, 0.15) is 60.3 Å². The van der Waals surface area contributed by atoms with Gasteiger partial charge >= 0.3 is 5.97 Å². The Hall–Kier alpha value is -4.93. The van der Waals surface area contributed by atoms with Gasteiger partial charge in [0.25, 0.3) is 5.91 Å². The number of esters is 1. The smallest absolute Gasteiger partial charge is 0.325 e. The fourth-order valence-corrected chi connectivity index (χ4v) is 5.18. The van der Waals surface area contributed by atoms with Crippen LogP contribution in [0.25, 0.3) is 0 Å². The summed E-state index contributed by atoms with van der Waals surface area (Å²) in [7, 11) is 1.17. The summed E-state index contributed by atoms with van der Waals surface area (Å²) >= 11 is 0. The topological polar surface area (TPSA) is 236 Å². The van der Waals surface area contributed by atoms with Gasteiger partial charge in [-0.3, -0.25) is 44.2 Å². The van der Waals surface area contributed by atoms with Crippen LogP contribution in [0, 0.1) is 11.8 Å². The van der Waals surface area contributed by atoms with Crippen LogP contribution >= 0.6 is 0 Å². The van der Waals surface area contributed by atoms with E-state index in [1.165, 1.54) is 43.2 Å². The maximum absolute atomic E-state index is 13.5. The van der Waals surface area contributed by atoms with Crippen molar-refractivity contribution in [2.45, 2.75) is 84.6 Å². The summed E-state index contributed by atoms with van der Waals surface area (Å²) in [5, 5.41) is 24.8. The van der Waals surface area contributed by atoms with E-state index in [9.17, 15) is 33.6 Å². The van der Waals surface area contributed by atoms with Crippen molar-refractivity contribution in [1.82, 2.24) is 31.5 Å². The van der Waals surface area contributed by atoms with Crippen molar-refractivity contribution >= 4 is 52.8 Å². The van der Waals surface area contributed by atoms with E-state index in [4.69, 9.17) is 5.21 Å². The molecule has 17 nitrogen and oxygen atoms in total. The second-order valence-electron chi connectivity index (χ2n) is 12.6. The molecule has 0 aliphatic carbocycles. The lowest BCUT2D eigenvalue weighted by atomic mass is 10.0. The molecule has 2 rings (SSSR count). The first-order chi connectivity index (χ1) is 23.1. The fraction of sp³-hybridized carbons (Fsp3) is 0.594. The minimum absolute atomic E-state index is 0.00525. The van der Waals surface area contributed by atoms with Crippen LogP contribution in [0.4, 0.5) is 11.4 Å². The second kappa shape index (κ2) is 19.8. The number of ether oxygens (including phenoxy) is 1. The number of hydrogen-bond donors (Lipinski definition) is 8. The highest BCUT2D eigenvalue weighted by molar-refractivity contribution is 5.96. The van der Waals surface area contributed by atoms with Crippen molar-refractivity contribution in [3.8, 4) is 0 Å². The normalized spacial score (nSPS) is 15.8. The van der Waals surface area contributed by atoms with E-state index in [0.717, 1.165) is 0 Å². The highest BCUT2D eigenvalue weighted by Crippen LogP contribution is 2.18. The van der Waals surface area contributed by atoms with Gasteiger partial charge in [0.1, 0.15) is 24.7 Å². The van der Waals surface area contributed by atoms with Crippen molar-refractivity contribution in [2.75, 3.05) is 37.5 Å². The highest BCUT2D eigenvalue weighted by Gasteiger charge is 2.35. The summed E-state index contributed by atoms with van der Waals surface area (Å²) in [5.74, 6) is -4.21. The Labute approximate surface area is 286 Å². The number of nitrogens with one attached hydrogen (secondary N) is 7. The molecule has 1 aromatic rings. The first-order valence-corrected chi connectivity index (χ1v) is 16.2. The number of rotatable bonds is 18. The molecule has 6 amide bonds. The van der Waals surface area contributed by atoms with E-state index in [-0.39, 0.29) is 30.6 Å². The average Bonchev–Trinajstić information content (AvgIpc) is 3.56. The van der Waals surface area contributed by atoms with Crippen LogP contribution in [0.2, 0.25) is 0 Å². The number of methoxy groups -OCH3 is 1. The van der Waals surface area contributed by atoms with Gasteiger partial charge < -0.3 is 41.5 Å². The molecule has 49 heavy (non-hydrogen) atoms. The Balaban J connectivity index is 2.17. The van der Waals surface area contributed by atoms with Crippen LogP contribution in [-0.2, 0) is 38.3 Å². The quantitative estimate of drug-likeness (QED) is 0.0571. The van der Waals surface area contributed by atoms with E-state index >= 15 is 0 Å². The predicted molar refractivity (Wildman–Crippen MR) is 179 cm³/mol. The van der Waals surface area contributed by atoms with Crippen molar-refractivity contribution < 1.29 is 43.5 Å². The van der Waals surface area contributed by atoms with E-state index in [0.29, 0.717) is 30.8 Å². The Bertz CT molecular complexity index is 1320. The lowest BCUT2D eigenvalue weighted by Gasteiger charge is -2.26. The van der Waals surface area contributed by atoms with Gasteiger partial charge in [0.05, 0.1) is 19.3 Å². The average molecular weight is 691 g/mol. The van der Waals surface area contributed by atoms with Gasteiger partial charge in [-0.05, 0) is 61.8 Å². The molecule has 1 aliphatic rings. The van der Waals surface area contributed by atoms with Crippen LogP contribution in [-0.4, -0.2) is 103 Å². The molecule has 1 saturated heterocycles. The molecule has 1 aliphatic heterocycles.